The highest BCUT2D eigenvalue weighted by molar-refractivity contribution is 5.81. The molecule has 1 saturated carbocycles. The van der Waals surface area contributed by atoms with Crippen molar-refractivity contribution in [3.63, 3.8) is 0 Å². The van der Waals surface area contributed by atoms with Crippen LogP contribution in [0, 0.1) is 11.8 Å². The second-order valence-electron chi connectivity index (χ2n) is 5.69. The number of carbonyl (C=O) groups excluding carboxylic acids is 1. The Morgan fingerprint density at radius 1 is 1.20 bits per heavy atom. The normalized spacial score (nSPS) is 24.1. The summed E-state index contributed by atoms with van der Waals surface area (Å²) in [6.07, 6.45) is 5.56. The van der Waals surface area contributed by atoms with Gasteiger partial charge in [-0.1, -0.05) is 6.42 Å². The van der Waals surface area contributed by atoms with Crippen molar-refractivity contribution in [1.29, 1.82) is 0 Å². The Bertz CT molecular complexity index is 315. The Kier molecular flexibility index (Phi) is 7.54. The lowest BCUT2D eigenvalue weighted by Gasteiger charge is -2.26. The maximum absolute atomic E-state index is 11.8. The molecule has 1 aliphatic rings. The number of hydrogen-bond acceptors (Lipinski definition) is 4. The molecule has 1 amide bonds. The Morgan fingerprint density at radius 3 is 2.40 bits per heavy atom. The number of hydrogen-bond donors (Lipinski definition) is 4. The van der Waals surface area contributed by atoms with Crippen LogP contribution in [-0.4, -0.2) is 36.1 Å². The van der Waals surface area contributed by atoms with E-state index in [0.29, 0.717) is 38.3 Å². The molecule has 6 nitrogen and oxygen atoms in total. The third-order valence-corrected chi connectivity index (χ3v) is 4.07. The molecule has 0 heterocycles. The van der Waals surface area contributed by atoms with E-state index >= 15 is 0 Å². The summed E-state index contributed by atoms with van der Waals surface area (Å²) >= 11 is 0. The number of amides is 1. The van der Waals surface area contributed by atoms with E-state index in [1.54, 1.807) is 0 Å². The number of rotatable bonds is 8. The fraction of sp³-hybridized carbons (Fsp3) is 0.857. The number of carboxylic acids is 1. The molecule has 0 aromatic heterocycles. The van der Waals surface area contributed by atoms with Gasteiger partial charge in [0.1, 0.15) is 0 Å². The molecule has 1 atom stereocenters. The van der Waals surface area contributed by atoms with E-state index < -0.39 is 12.0 Å². The third-order valence-electron chi connectivity index (χ3n) is 4.07. The van der Waals surface area contributed by atoms with E-state index in [-0.39, 0.29) is 11.8 Å². The van der Waals surface area contributed by atoms with Gasteiger partial charge in [0.05, 0.1) is 12.0 Å². The largest absolute Gasteiger partial charge is 0.481 e. The van der Waals surface area contributed by atoms with Crippen molar-refractivity contribution in [2.24, 2.45) is 23.3 Å². The third kappa shape index (κ3) is 5.88. The van der Waals surface area contributed by atoms with Gasteiger partial charge in [0.2, 0.25) is 5.91 Å². The van der Waals surface area contributed by atoms with Gasteiger partial charge in [-0.2, -0.15) is 0 Å². The van der Waals surface area contributed by atoms with Crippen LogP contribution in [-0.2, 0) is 9.59 Å². The minimum atomic E-state index is -0.700. The van der Waals surface area contributed by atoms with Crippen molar-refractivity contribution in [3.05, 3.63) is 0 Å². The van der Waals surface area contributed by atoms with Crippen LogP contribution in [0.3, 0.4) is 0 Å². The average Bonchev–Trinajstić information content (AvgIpc) is 2.45. The summed E-state index contributed by atoms with van der Waals surface area (Å²) in [5, 5.41) is 11.8. The molecular formula is C14H27N3O3. The van der Waals surface area contributed by atoms with E-state index in [9.17, 15) is 9.59 Å². The Morgan fingerprint density at radius 2 is 1.85 bits per heavy atom. The molecule has 0 aliphatic heterocycles. The summed E-state index contributed by atoms with van der Waals surface area (Å²) in [6.45, 7) is 1.23. The van der Waals surface area contributed by atoms with Gasteiger partial charge in [-0.05, 0) is 51.0 Å². The maximum Gasteiger partial charge on any atom is 0.306 e. The van der Waals surface area contributed by atoms with E-state index in [0.717, 1.165) is 25.7 Å². The molecule has 116 valence electrons. The van der Waals surface area contributed by atoms with Crippen LogP contribution in [0.1, 0.15) is 44.9 Å². The molecule has 0 aromatic carbocycles. The first kappa shape index (κ1) is 16.9. The summed E-state index contributed by atoms with van der Waals surface area (Å²) in [4.78, 5) is 22.6. The zero-order chi connectivity index (χ0) is 15.0. The number of nitrogens with one attached hydrogen (secondary N) is 1. The van der Waals surface area contributed by atoms with Crippen LogP contribution in [0.2, 0.25) is 0 Å². The van der Waals surface area contributed by atoms with E-state index in [4.69, 9.17) is 16.6 Å². The average molecular weight is 285 g/mol. The molecule has 0 aromatic rings. The molecule has 6 heteroatoms. The lowest BCUT2D eigenvalue weighted by Crippen LogP contribution is -2.43. The number of carbonyl (C=O) groups is 2. The minimum absolute atomic E-state index is 0.109. The predicted octanol–water partition coefficient (Wildman–Crippen LogP) is 0.450. The summed E-state index contributed by atoms with van der Waals surface area (Å²) in [5.74, 6) is -0.636. The van der Waals surface area contributed by atoms with Gasteiger partial charge in [-0.3, -0.25) is 9.59 Å². The summed E-state index contributed by atoms with van der Waals surface area (Å²) < 4.78 is 0. The second-order valence-corrected chi connectivity index (χ2v) is 5.69. The van der Waals surface area contributed by atoms with Gasteiger partial charge < -0.3 is 21.9 Å². The van der Waals surface area contributed by atoms with Crippen LogP contribution in [0.15, 0.2) is 0 Å². The zero-order valence-corrected chi connectivity index (χ0v) is 12.0. The number of carboxylic acid groups (broad SMARTS) is 1. The highest BCUT2D eigenvalue weighted by Gasteiger charge is 2.26. The van der Waals surface area contributed by atoms with Gasteiger partial charge in [0.15, 0.2) is 0 Å². The quantitative estimate of drug-likeness (QED) is 0.483. The Labute approximate surface area is 120 Å². The topological polar surface area (TPSA) is 118 Å². The van der Waals surface area contributed by atoms with Crippen molar-refractivity contribution in [3.8, 4) is 0 Å². The highest BCUT2D eigenvalue weighted by atomic mass is 16.4. The molecule has 1 aliphatic carbocycles. The van der Waals surface area contributed by atoms with Crippen LogP contribution in [0.4, 0.5) is 0 Å². The highest BCUT2D eigenvalue weighted by Crippen LogP contribution is 2.28. The van der Waals surface area contributed by atoms with Crippen LogP contribution < -0.4 is 16.8 Å². The van der Waals surface area contributed by atoms with E-state index in [1.807, 2.05) is 0 Å². The van der Waals surface area contributed by atoms with Crippen molar-refractivity contribution in [2.45, 2.75) is 51.0 Å². The first-order valence-electron chi connectivity index (χ1n) is 7.50. The first-order valence-corrected chi connectivity index (χ1v) is 7.50. The minimum Gasteiger partial charge on any atom is -0.481 e. The zero-order valence-electron chi connectivity index (χ0n) is 12.0. The van der Waals surface area contributed by atoms with Crippen LogP contribution in [0.25, 0.3) is 0 Å². The maximum atomic E-state index is 11.8. The number of aliphatic carboxylic acids is 1. The second kappa shape index (κ2) is 8.92. The lowest BCUT2D eigenvalue weighted by atomic mass is 9.82. The van der Waals surface area contributed by atoms with Crippen molar-refractivity contribution in [2.75, 3.05) is 13.1 Å². The van der Waals surface area contributed by atoms with Crippen molar-refractivity contribution in [1.82, 2.24) is 5.32 Å². The smallest absolute Gasteiger partial charge is 0.306 e. The summed E-state index contributed by atoms with van der Waals surface area (Å²) in [7, 11) is 0. The van der Waals surface area contributed by atoms with Crippen LogP contribution >= 0.6 is 0 Å². The van der Waals surface area contributed by atoms with E-state index in [2.05, 4.69) is 5.32 Å². The number of unbranched alkanes of at least 4 members (excludes halogenated alkanes) is 1. The molecule has 1 rings (SSSR count). The van der Waals surface area contributed by atoms with E-state index in [1.165, 1.54) is 0 Å². The molecule has 0 saturated heterocycles. The molecule has 1 fully saturated rings. The van der Waals surface area contributed by atoms with Gasteiger partial charge in [-0.15, -0.1) is 0 Å². The van der Waals surface area contributed by atoms with Crippen LogP contribution in [0.5, 0.6) is 0 Å². The Balaban J connectivity index is 2.17. The van der Waals surface area contributed by atoms with Gasteiger partial charge in [-0.25, -0.2) is 0 Å². The summed E-state index contributed by atoms with van der Waals surface area (Å²) in [5.41, 5.74) is 11.2. The molecule has 6 N–H and O–H groups in total. The fourth-order valence-corrected chi connectivity index (χ4v) is 2.63. The van der Waals surface area contributed by atoms with Gasteiger partial charge in [0.25, 0.3) is 0 Å². The summed E-state index contributed by atoms with van der Waals surface area (Å²) in [6, 6.07) is -0.461. The van der Waals surface area contributed by atoms with Crippen molar-refractivity contribution < 1.29 is 14.7 Å². The Hall–Kier alpha value is -1.14. The van der Waals surface area contributed by atoms with Crippen molar-refractivity contribution >= 4 is 11.9 Å². The molecule has 0 unspecified atom stereocenters. The molecular weight excluding hydrogens is 258 g/mol. The first-order chi connectivity index (χ1) is 9.54. The molecule has 20 heavy (non-hydrogen) atoms. The van der Waals surface area contributed by atoms with Gasteiger partial charge in [0, 0.05) is 6.54 Å². The monoisotopic (exact) mass is 285 g/mol. The van der Waals surface area contributed by atoms with Gasteiger partial charge >= 0.3 is 5.97 Å². The predicted molar refractivity (Wildman–Crippen MR) is 77.0 cm³/mol. The SMILES string of the molecule is NCCCC[C@H](N)C(=O)NCC1CCC(C(=O)O)CC1. The number of nitrogens with two attached hydrogens (primary N) is 2. The fourth-order valence-electron chi connectivity index (χ4n) is 2.63. The lowest BCUT2D eigenvalue weighted by molar-refractivity contribution is -0.143. The molecule has 0 bridgehead atoms. The standard InChI is InChI=1S/C14H27N3O3/c15-8-2-1-3-12(16)13(18)17-9-10-4-6-11(7-5-10)14(19)20/h10-12H,1-9,15-16H2,(H,17,18)(H,19,20)/t10?,11?,12-/m0/s1. The molecule has 0 spiro atoms. The molecule has 0 radical (unpaired) electrons.